The van der Waals surface area contributed by atoms with Crippen molar-refractivity contribution >= 4 is 16.8 Å². The number of alkyl halides is 3. The Morgan fingerprint density at radius 1 is 1.20 bits per heavy atom. The second kappa shape index (κ2) is 4.03. The number of hydrogen-bond acceptors (Lipinski definition) is 3. The lowest BCUT2D eigenvalue weighted by molar-refractivity contribution is -0.137. The van der Waals surface area contributed by atoms with E-state index in [4.69, 9.17) is 10.2 Å². The van der Waals surface area contributed by atoms with Crippen molar-refractivity contribution in [2.75, 3.05) is 5.73 Å². The number of rotatable bonds is 1. The third-order valence-corrected chi connectivity index (χ3v) is 2.99. The molecule has 7 heteroatoms. The maximum absolute atomic E-state index is 12.7. The number of benzene rings is 1. The average Bonchev–Trinajstić information content (AvgIpc) is 2.89. The van der Waals surface area contributed by atoms with Gasteiger partial charge in [0.1, 0.15) is 17.1 Å². The van der Waals surface area contributed by atoms with E-state index >= 15 is 0 Å². The number of nitrogens with two attached hydrogens (primary N) is 1. The maximum Gasteiger partial charge on any atom is 0.416 e. The van der Waals surface area contributed by atoms with E-state index in [9.17, 15) is 13.2 Å². The van der Waals surface area contributed by atoms with Crippen molar-refractivity contribution in [2.45, 2.75) is 6.18 Å². The molecule has 0 aliphatic rings. The van der Waals surface area contributed by atoms with Crippen LogP contribution >= 0.6 is 0 Å². The number of nitrogens with zero attached hydrogens (tertiary/aromatic N) is 2. The van der Waals surface area contributed by atoms with Crippen molar-refractivity contribution in [1.82, 2.24) is 9.78 Å². The fourth-order valence-corrected chi connectivity index (χ4v) is 2.07. The number of aromatic nitrogens is 2. The molecular formula is C13H10F3N3O. The minimum atomic E-state index is -4.37. The van der Waals surface area contributed by atoms with Gasteiger partial charge in [-0.3, -0.25) is 4.68 Å². The number of nitrogen functional groups attached to an aromatic ring is 1. The van der Waals surface area contributed by atoms with Crippen molar-refractivity contribution in [1.29, 1.82) is 0 Å². The number of fused-ring (bicyclic) bond motifs is 1. The van der Waals surface area contributed by atoms with Crippen molar-refractivity contribution in [3.05, 3.63) is 35.9 Å². The lowest BCUT2D eigenvalue weighted by Crippen LogP contribution is -2.03. The van der Waals surface area contributed by atoms with E-state index in [-0.39, 0.29) is 0 Å². The first-order valence-electron chi connectivity index (χ1n) is 5.75. The second-order valence-corrected chi connectivity index (χ2v) is 4.44. The predicted octanol–water partition coefficient (Wildman–Crippen LogP) is 3.43. The molecule has 0 unspecified atom stereocenters. The first-order valence-corrected chi connectivity index (χ1v) is 5.75. The van der Waals surface area contributed by atoms with E-state index in [1.165, 1.54) is 10.7 Å². The molecule has 3 aromatic rings. The Hall–Kier alpha value is -2.44. The van der Waals surface area contributed by atoms with E-state index in [0.29, 0.717) is 28.2 Å². The van der Waals surface area contributed by atoms with E-state index in [1.54, 1.807) is 19.2 Å². The highest BCUT2D eigenvalue weighted by molar-refractivity contribution is 5.83. The van der Waals surface area contributed by atoms with Crippen LogP contribution in [0.4, 0.5) is 19.0 Å². The van der Waals surface area contributed by atoms with Gasteiger partial charge in [-0.25, -0.2) is 0 Å². The van der Waals surface area contributed by atoms with Gasteiger partial charge in [0.2, 0.25) is 0 Å². The van der Waals surface area contributed by atoms with Crippen molar-refractivity contribution in [2.24, 2.45) is 7.05 Å². The Balaban J connectivity index is 2.14. The Bertz CT molecular complexity index is 786. The molecule has 0 fully saturated rings. The lowest BCUT2D eigenvalue weighted by atomic mass is 10.1. The van der Waals surface area contributed by atoms with Crippen molar-refractivity contribution < 1.29 is 17.6 Å². The van der Waals surface area contributed by atoms with Crippen molar-refractivity contribution in [3.8, 4) is 11.5 Å². The third kappa shape index (κ3) is 2.01. The van der Waals surface area contributed by atoms with E-state index < -0.39 is 11.7 Å². The Labute approximate surface area is 111 Å². The molecule has 0 aliphatic carbocycles. The molecule has 0 atom stereocenters. The summed E-state index contributed by atoms with van der Waals surface area (Å²) in [6.07, 6.45) is -4.37. The molecule has 0 radical (unpaired) electrons. The van der Waals surface area contributed by atoms with Gasteiger partial charge in [-0.1, -0.05) is 0 Å². The van der Waals surface area contributed by atoms with Crippen LogP contribution in [0.3, 0.4) is 0 Å². The minimum Gasteiger partial charge on any atom is -0.454 e. The number of aryl methyl sites for hydroxylation is 1. The van der Waals surface area contributed by atoms with Crippen LogP contribution < -0.4 is 5.73 Å². The quantitative estimate of drug-likeness (QED) is 0.743. The summed E-state index contributed by atoms with van der Waals surface area (Å²) in [4.78, 5) is 0. The van der Waals surface area contributed by atoms with E-state index in [2.05, 4.69) is 5.10 Å². The number of anilines is 1. The summed E-state index contributed by atoms with van der Waals surface area (Å²) in [5.41, 5.74) is 5.85. The third-order valence-electron chi connectivity index (χ3n) is 2.99. The fraction of sp³-hybridized carbons (Fsp3) is 0.154. The molecule has 1 aromatic carbocycles. The molecule has 2 aromatic heterocycles. The summed E-state index contributed by atoms with van der Waals surface area (Å²) < 4.78 is 45.0. The summed E-state index contributed by atoms with van der Waals surface area (Å²) in [6.45, 7) is 0. The van der Waals surface area contributed by atoms with Crippen LogP contribution in [0.1, 0.15) is 5.56 Å². The number of hydrogen-bond donors (Lipinski definition) is 1. The normalized spacial score (nSPS) is 12.2. The first kappa shape index (κ1) is 12.6. The standard InChI is InChI=1S/C13H10F3N3O/c1-19-9(6-12(17)18-19)11-5-7-4-8(13(14,15)16)2-3-10(7)20-11/h2-6H,1H3,(H2,17,18). The predicted molar refractivity (Wildman–Crippen MR) is 67.8 cm³/mol. The summed E-state index contributed by atoms with van der Waals surface area (Å²) in [6, 6.07) is 6.50. The molecule has 2 heterocycles. The van der Waals surface area contributed by atoms with Gasteiger partial charge in [-0.05, 0) is 24.3 Å². The summed E-state index contributed by atoms with van der Waals surface area (Å²) in [5.74, 6) is 0.741. The molecule has 0 saturated carbocycles. The molecule has 4 nitrogen and oxygen atoms in total. The van der Waals surface area contributed by atoms with Crippen LogP contribution in [0.25, 0.3) is 22.4 Å². The maximum atomic E-state index is 12.7. The zero-order valence-corrected chi connectivity index (χ0v) is 10.4. The van der Waals surface area contributed by atoms with Gasteiger partial charge in [-0.2, -0.15) is 18.3 Å². The van der Waals surface area contributed by atoms with E-state index in [0.717, 1.165) is 12.1 Å². The van der Waals surface area contributed by atoms with Gasteiger partial charge < -0.3 is 10.2 Å². The van der Waals surface area contributed by atoms with Crippen LogP contribution in [0, 0.1) is 0 Å². The topological polar surface area (TPSA) is 57.0 Å². The summed E-state index contributed by atoms with van der Waals surface area (Å²) in [5, 5.41) is 4.35. The van der Waals surface area contributed by atoms with Gasteiger partial charge >= 0.3 is 6.18 Å². The minimum absolute atomic E-state index is 0.318. The average molecular weight is 281 g/mol. The lowest BCUT2D eigenvalue weighted by Gasteiger charge is -2.04. The molecule has 0 amide bonds. The SMILES string of the molecule is Cn1nc(N)cc1-c1cc2cc(C(F)(F)F)ccc2o1. The molecule has 104 valence electrons. The monoisotopic (exact) mass is 281 g/mol. The molecule has 3 rings (SSSR count). The fourth-order valence-electron chi connectivity index (χ4n) is 2.07. The smallest absolute Gasteiger partial charge is 0.416 e. The molecule has 2 N–H and O–H groups in total. The number of halogens is 3. The van der Waals surface area contributed by atoms with Gasteiger partial charge in [0.25, 0.3) is 0 Å². The van der Waals surface area contributed by atoms with Gasteiger partial charge in [-0.15, -0.1) is 0 Å². The Morgan fingerprint density at radius 3 is 2.55 bits per heavy atom. The zero-order chi connectivity index (χ0) is 14.5. The largest absolute Gasteiger partial charge is 0.454 e. The van der Waals surface area contributed by atoms with Crippen LogP contribution in [0.2, 0.25) is 0 Å². The number of furan rings is 1. The Kier molecular flexibility index (Phi) is 2.53. The highest BCUT2D eigenvalue weighted by atomic mass is 19.4. The van der Waals surface area contributed by atoms with Crippen LogP contribution in [0.15, 0.2) is 34.7 Å². The van der Waals surface area contributed by atoms with Crippen LogP contribution in [-0.2, 0) is 13.2 Å². The molecule has 20 heavy (non-hydrogen) atoms. The van der Waals surface area contributed by atoms with E-state index in [1.807, 2.05) is 0 Å². The van der Waals surface area contributed by atoms with Gasteiger partial charge in [0.05, 0.1) is 5.56 Å². The van der Waals surface area contributed by atoms with Gasteiger partial charge in [0, 0.05) is 18.5 Å². The molecular weight excluding hydrogens is 271 g/mol. The van der Waals surface area contributed by atoms with Gasteiger partial charge in [0.15, 0.2) is 5.76 Å². The first-order chi connectivity index (χ1) is 9.34. The Morgan fingerprint density at radius 2 is 1.95 bits per heavy atom. The van der Waals surface area contributed by atoms with Crippen LogP contribution in [0.5, 0.6) is 0 Å². The van der Waals surface area contributed by atoms with Crippen molar-refractivity contribution in [3.63, 3.8) is 0 Å². The highest BCUT2D eigenvalue weighted by Crippen LogP contribution is 2.34. The molecule has 0 aliphatic heterocycles. The zero-order valence-electron chi connectivity index (χ0n) is 10.4. The molecule has 0 spiro atoms. The summed E-state index contributed by atoms with van der Waals surface area (Å²) >= 11 is 0. The highest BCUT2D eigenvalue weighted by Gasteiger charge is 2.30. The molecule has 0 bridgehead atoms. The second-order valence-electron chi connectivity index (χ2n) is 4.44. The summed E-state index contributed by atoms with van der Waals surface area (Å²) in [7, 11) is 1.68. The van der Waals surface area contributed by atoms with Crippen LogP contribution in [-0.4, -0.2) is 9.78 Å². The molecule has 0 saturated heterocycles.